The van der Waals surface area contributed by atoms with Crippen LogP contribution in [-0.4, -0.2) is 15.9 Å². The van der Waals surface area contributed by atoms with E-state index in [1.165, 1.54) is 19.3 Å². The van der Waals surface area contributed by atoms with Gasteiger partial charge >= 0.3 is 0 Å². The molecule has 0 radical (unpaired) electrons. The van der Waals surface area contributed by atoms with Gasteiger partial charge in [-0.3, -0.25) is 4.79 Å². The molecule has 1 aromatic heterocycles. The molecule has 10 heteroatoms. The normalized spacial score (nSPS) is 15.2. The number of nitrogen functional groups attached to an aromatic ring is 1. The Morgan fingerprint density at radius 1 is 0.921 bits per heavy atom. The predicted octanol–water partition coefficient (Wildman–Crippen LogP) is 6.21. The first-order valence-electron chi connectivity index (χ1n) is 12.8. The number of nitrogens with zero attached hydrogens (tertiary/aromatic N) is 2. The van der Waals surface area contributed by atoms with E-state index in [4.69, 9.17) is 10.7 Å². The number of anilines is 2. The highest BCUT2D eigenvalue weighted by molar-refractivity contribution is 5.92. The van der Waals surface area contributed by atoms with Gasteiger partial charge in [0.25, 0.3) is 0 Å². The molecule has 1 amide bonds. The van der Waals surface area contributed by atoms with Crippen molar-refractivity contribution in [3.8, 4) is 11.3 Å². The molecule has 1 fully saturated rings. The van der Waals surface area contributed by atoms with Crippen LogP contribution in [0.2, 0.25) is 0 Å². The first-order chi connectivity index (χ1) is 18.2. The number of rotatable bonds is 6. The first-order valence-corrected chi connectivity index (χ1v) is 12.8. The second kappa shape index (κ2) is 10.7. The Morgan fingerprint density at radius 3 is 2.32 bits per heavy atom. The van der Waals surface area contributed by atoms with Gasteiger partial charge in [-0.05, 0) is 49.3 Å². The molecule has 0 aliphatic heterocycles. The summed E-state index contributed by atoms with van der Waals surface area (Å²) in [6.07, 6.45) is 7.30. The van der Waals surface area contributed by atoms with Crippen molar-refractivity contribution in [1.29, 1.82) is 0 Å². The van der Waals surface area contributed by atoms with Crippen LogP contribution in [0, 0.1) is 35.0 Å². The van der Waals surface area contributed by atoms with Crippen molar-refractivity contribution < 1.29 is 26.7 Å². The second-order valence-corrected chi connectivity index (χ2v) is 10.0. The Balaban J connectivity index is 1.46. The lowest BCUT2D eigenvalue weighted by Gasteiger charge is -2.23. The molecule has 0 bridgehead atoms. The average molecular weight is 531 g/mol. The standard InChI is InChI=1S/C28H27F5N4O/c29-22-18(23(30)25(32)26(33)24(22)31)13-21(38)37-28-20(10-6-14-4-2-1-3-5-14)35-27-17-9-8-16(34)12-15(17)7-11-19(27)36-28/h8-9,12,14H,1-7,10-11,13,34H2,(H,36,37,38). The summed E-state index contributed by atoms with van der Waals surface area (Å²) in [5.41, 5.74) is 9.22. The summed E-state index contributed by atoms with van der Waals surface area (Å²) in [6.45, 7) is 0. The van der Waals surface area contributed by atoms with Crippen LogP contribution >= 0.6 is 0 Å². The number of benzene rings is 2. The number of nitrogens with two attached hydrogens (primary N) is 1. The number of carbonyl (C=O) groups is 1. The van der Waals surface area contributed by atoms with E-state index in [-0.39, 0.29) is 5.82 Å². The van der Waals surface area contributed by atoms with Crippen LogP contribution in [0.1, 0.15) is 61.0 Å². The number of aryl methyl sites for hydroxylation is 3. The largest absolute Gasteiger partial charge is 0.399 e. The van der Waals surface area contributed by atoms with Crippen molar-refractivity contribution in [2.45, 2.75) is 64.2 Å². The van der Waals surface area contributed by atoms with Gasteiger partial charge in [0.05, 0.1) is 23.5 Å². The third kappa shape index (κ3) is 5.08. The van der Waals surface area contributed by atoms with Gasteiger partial charge in [0.1, 0.15) is 0 Å². The molecule has 1 heterocycles. The van der Waals surface area contributed by atoms with Crippen LogP contribution in [0.3, 0.4) is 0 Å². The highest BCUT2D eigenvalue weighted by Crippen LogP contribution is 2.35. The van der Waals surface area contributed by atoms with Crippen molar-refractivity contribution in [3.63, 3.8) is 0 Å². The van der Waals surface area contributed by atoms with E-state index >= 15 is 0 Å². The molecule has 2 aliphatic carbocycles. The van der Waals surface area contributed by atoms with Crippen molar-refractivity contribution in [2.24, 2.45) is 5.92 Å². The topological polar surface area (TPSA) is 80.9 Å². The van der Waals surface area contributed by atoms with Crippen molar-refractivity contribution >= 4 is 17.4 Å². The van der Waals surface area contributed by atoms with E-state index < -0.39 is 47.0 Å². The molecule has 1 saturated carbocycles. The van der Waals surface area contributed by atoms with Crippen molar-refractivity contribution in [2.75, 3.05) is 11.1 Å². The zero-order valence-corrected chi connectivity index (χ0v) is 20.7. The number of nitrogens with one attached hydrogen (secondary N) is 1. The smallest absolute Gasteiger partial charge is 0.230 e. The van der Waals surface area contributed by atoms with Crippen LogP contribution in [-0.2, 0) is 30.5 Å². The van der Waals surface area contributed by atoms with E-state index in [2.05, 4.69) is 10.3 Å². The van der Waals surface area contributed by atoms with Gasteiger partial charge < -0.3 is 11.1 Å². The summed E-state index contributed by atoms with van der Waals surface area (Å²) in [5, 5.41) is 2.53. The van der Waals surface area contributed by atoms with Gasteiger partial charge in [-0.2, -0.15) is 0 Å². The predicted molar refractivity (Wildman–Crippen MR) is 133 cm³/mol. The summed E-state index contributed by atoms with van der Waals surface area (Å²) in [6, 6.07) is 5.59. The molecule has 200 valence electrons. The zero-order chi connectivity index (χ0) is 27.0. The quantitative estimate of drug-likeness (QED) is 0.172. The molecule has 0 spiro atoms. The van der Waals surface area contributed by atoms with Gasteiger partial charge in [0.15, 0.2) is 29.1 Å². The summed E-state index contributed by atoms with van der Waals surface area (Å²) >= 11 is 0. The fourth-order valence-electron chi connectivity index (χ4n) is 5.43. The van der Waals surface area contributed by atoms with Gasteiger partial charge in [-0.25, -0.2) is 31.9 Å². The maximum atomic E-state index is 14.2. The zero-order valence-electron chi connectivity index (χ0n) is 20.7. The summed E-state index contributed by atoms with van der Waals surface area (Å²) in [4.78, 5) is 22.3. The lowest BCUT2D eigenvalue weighted by Crippen LogP contribution is -2.22. The second-order valence-electron chi connectivity index (χ2n) is 10.0. The van der Waals surface area contributed by atoms with E-state index in [1.54, 1.807) is 6.07 Å². The monoisotopic (exact) mass is 530 g/mol. The summed E-state index contributed by atoms with van der Waals surface area (Å²) in [7, 11) is 0. The number of hydrogen-bond acceptors (Lipinski definition) is 4. The molecule has 3 N–H and O–H groups in total. The van der Waals surface area contributed by atoms with Crippen molar-refractivity contribution in [1.82, 2.24) is 9.97 Å². The van der Waals surface area contributed by atoms with Gasteiger partial charge in [-0.1, -0.05) is 38.2 Å². The lowest BCUT2D eigenvalue weighted by molar-refractivity contribution is -0.115. The van der Waals surface area contributed by atoms with Crippen molar-refractivity contribution in [3.05, 3.63) is 69.8 Å². The molecular weight excluding hydrogens is 503 g/mol. The highest BCUT2D eigenvalue weighted by Gasteiger charge is 2.28. The van der Waals surface area contributed by atoms with E-state index in [0.29, 0.717) is 47.9 Å². The van der Waals surface area contributed by atoms with Gasteiger partial charge in [0, 0.05) is 16.8 Å². The lowest BCUT2D eigenvalue weighted by atomic mass is 9.85. The number of carbonyl (C=O) groups excluding carboxylic acids is 1. The summed E-state index contributed by atoms with van der Waals surface area (Å²) < 4.78 is 69.0. The number of halogens is 5. The Bertz CT molecular complexity index is 1380. The van der Waals surface area contributed by atoms with E-state index in [0.717, 1.165) is 30.4 Å². The molecule has 2 aromatic carbocycles. The minimum Gasteiger partial charge on any atom is -0.399 e. The van der Waals surface area contributed by atoms with Crippen LogP contribution in [0.15, 0.2) is 18.2 Å². The Labute approximate surface area is 216 Å². The SMILES string of the molecule is Nc1ccc2c(c1)CCc1nc(NC(=O)Cc3c(F)c(F)c(F)c(F)c3F)c(CCC3CCCCC3)nc1-2. The molecule has 5 nitrogen and oxygen atoms in total. The average Bonchev–Trinajstić information content (AvgIpc) is 2.92. The van der Waals surface area contributed by atoms with E-state index in [9.17, 15) is 26.7 Å². The third-order valence-electron chi connectivity index (χ3n) is 7.47. The van der Waals surface area contributed by atoms with Crippen LogP contribution in [0.4, 0.5) is 33.5 Å². The highest BCUT2D eigenvalue weighted by atomic mass is 19.2. The fraction of sp³-hybridized carbons (Fsp3) is 0.393. The molecule has 5 rings (SSSR count). The third-order valence-corrected chi connectivity index (χ3v) is 7.47. The molecule has 0 unspecified atom stereocenters. The number of aromatic nitrogens is 2. The maximum Gasteiger partial charge on any atom is 0.230 e. The molecular formula is C28H27F5N4O. The number of hydrogen-bond donors (Lipinski definition) is 2. The van der Waals surface area contributed by atoms with Crippen LogP contribution in [0.5, 0.6) is 0 Å². The maximum absolute atomic E-state index is 14.2. The van der Waals surface area contributed by atoms with Crippen LogP contribution in [0.25, 0.3) is 11.3 Å². The Hall–Kier alpha value is -3.56. The molecule has 3 aromatic rings. The first kappa shape index (κ1) is 26.1. The molecule has 0 saturated heterocycles. The molecule has 2 aliphatic rings. The minimum absolute atomic E-state index is 0.146. The fourth-order valence-corrected chi connectivity index (χ4v) is 5.43. The van der Waals surface area contributed by atoms with Gasteiger partial charge in [0.2, 0.25) is 11.7 Å². The van der Waals surface area contributed by atoms with Crippen LogP contribution < -0.4 is 11.1 Å². The Kier molecular flexibility index (Phi) is 7.32. The minimum atomic E-state index is -2.27. The van der Waals surface area contributed by atoms with E-state index in [1.807, 2.05) is 12.1 Å². The Morgan fingerprint density at radius 2 is 1.61 bits per heavy atom. The number of fused-ring (bicyclic) bond motifs is 3. The van der Waals surface area contributed by atoms with Gasteiger partial charge in [-0.15, -0.1) is 0 Å². The number of amides is 1. The summed E-state index contributed by atoms with van der Waals surface area (Å²) in [5.74, 6) is -10.8. The molecule has 38 heavy (non-hydrogen) atoms. The molecule has 0 atom stereocenters.